The summed E-state index contributed by atoms with van der Waals surface area (Å²) in [6.45, 7) is 3.46. The number of hydrogen-bond acceptors (Lipinski definition) is 6. The molecule has 158 valence electrons. The van der Waals surface area contributed by atoms with E-state index in [1.807, 2.05) is 19.3 Å². The van der Waals surface area contributed by atoms with Gasteiger partial charge in [0, 0.05) is 31.5 Å². The van der Waals surface area contributed by atoms with E-state index < -0.39 is 0 Å². The summed E-state index contributed by atoms with van der Waals surface area (Å²) in [7, 11) is 0. The second-order valence-electron chi connectivity index (χ2n) is 8.29. The first-order valence-corrected chi connectivity index (χ1v) is 10.8. The summed E-state index contributed by atoms with van der Waals surface area (Å²) in [5, 5.41) is 11.4. The molecule has 30 heavy (non-hydrogen) atoms. The topological polar surface area (TPSA) is 99.8 Å². The van der Waals surface area contributed by atoms with Gasteiger partial charge in [-0.3, -0.25) is 4.79 Å². The Morgan fingerprint density at radius 1 is 1.10 bits per heavy atom. The molecule has 5 rings (SSSR count). The van der Waals surface area contributed by atoms with Crippen molar-refractivity contribution in [2.75, 3.05) is 13.2 Å². The zero-order valence-electron chi connectivity index (χ0n) is 17.2. The summed E-state index contributed by atoms with van der Waals surface area (Å²) >= 11 is 0. The number of pyridine rings is 1. The lowest BCUT2D eigenvalue weighted by molar-refractivity contribution is 0.0704. The quantitative estimate of drug-likeness (QED) is 0.695. The third kappa shape index (κ3) is 3.58. The first kappa shape index (κ1) is 19.2. The highest BCUT2D eigenvalue weighted by atomic mass is 16.5. The third-order valence-corrected chi connectivity index (χ3v) is 6.31. The molecule has 3 aromatic heterocycles. The maximum atomic E-state index is 12.9. The minimum absolute atomic E-state index is 0.182. The summed E-state index contributed by atoms with van der Waals surface area (Å²) in [5.74, 6) is 0.617. The van der Waals surface area contributed by atoms with E-state index in [-0.39, 0.29) is 11.9 Å². The largest absolute Gasteiger partial charge is 0.381 e. The Balaban J connectivity index is 1.32. The van der Waals surface area contributed by atoms with E-state index in [1.54, 1.807) is 12.5 Å². The molecule has 0 spiro atoms. The minimum atomic E-state index is -0.240. The SMILES string of the molecule is CC(NC(=O)c1cnc2c(c1)ncn2C1CCOCC1)c1nncn1C1CCCC1. The summed E-state index contributed by atoms with van der Waals surface area (Å²) in [6.07, 6.45) is 11.9. The molecule has 4 heterocycles. The summed E-state index contributed by atoms with van der Waals surface area (Å²) in [6, 6.07) is 2.34. The maximum absolute atomic E-state index is 12.9. The number of nitrogens with zero attached hydrogens (tertiary/aromatic N) is 6. The predicted octanol–water partition coefficient (Wildman–Crippen LogP) is 2.98. The lowest BCUT2D eigenvalue weighted by Crippen LogP contribution is -2.29. The van der Waals surface area contributed by atoms with Gasteiger partial charge in [-0.05, 0) is 38.7 Å². The molecule has 1 N–H and O–H groups in total. The van der Waals surface area contributed by atoms with Crippen LogP contribution in [0.3, 0.4) is 0 Å². The fourth-order valence-electron chi connectivity index (χ4n) is 4.64. The van der Waals surface area contributed by atoms with Gasteiger partial charge in [0.15, 0.2) is 11.5 Å². The fraction of sp³-hybridized carbons (Fsp3) is 0.571. The molecule has 1 unspecified atom stereocenters. The molecule has 1 atom stereocenters. The van der Waals surface area contributed by atoms with Crippen LogP contribution in [0, 0.1) is 0 Å². The molecular formula is C21H27N7O2. The Bertz CT molecular complexity index is 1030. The van der Waals surface area contributed by atoms with Gasteiger partial charge in [0.25, 0.3) is 5.91 Å². The number of nitrogens with one attached hydrogen (secondary N) is 1. The summed E-state index contributed by atoms with van der Waals surface area (Å²) in [4.78, 5) is 21.9. The molecule has 1 saturated heterocycles. The van der Waals surface area contributed by atoms with Crippen molar-refractivity contribution >= 4 is 17.1 Å². The molecule has 9 nitrogen and oxygen atoms in total. The zero-order chi connectivity index (χ0) is 20.5. The van der Waals surface area contributed by atoms with E-state index in [0.717, 1.165) is 55.9 Å². The molecule has 0 aromatic carbocycles. The number of amides is 1. The minimum Gasteiger partial charge on any atom is -0.381 e. The van der Waals surface area contributed by atoms with Gasteiger partial charge in [-0.2, -0.15) is 0 Å². The average Bonchev–Trinajstić information content (AvgIpc) is 3.53. The summed E-state index contributed by atoms with van der Waals surface area (Å²) < 4.78 is 9.67. The Hall–Kier alpha value is -2.81. The van der Waals surface area contributed by atoms with Gasteiger partial charge in [-0.1, -0.05) is 12.8 Å². The molecule has 3 aromatic rings. The Kier molecular flexibility index (Phi) is 5.20. The maximum Gasteiger partial charge on any atom is 0.253 e. The number of fused-ring (bicyclic) bond motifs is 1. The van der Waals surface area contributed by atoms with Crippen molar-refractivity contribution in [3.8, 4) is 0 Å². The molecule has 1 aliphatic heterocycles. The lowest BCUT2D eigenvalue weighted by Gasteiger charge is -2.23. The monoisotopic (exact) mass is 409 g/mol. The highest BCUT2D eigenvalue weighted by molar-refractivity contribution is 5.96. The average molecular weight is 409 g/mol. The van der Waals surface area contributed by atoms with Crippen LogP contribution in [0.5, 0.6) is 0 Å². The van der Waals surface area contributed by atoms with Crippen LogP contribution in [0.2, 0.25) is 0 Å². The highest BCUT2D eigenvalue weighted by Gasteiger charge is 2.24. The standard InChI is InChI=1S/C21H27N7O2/c1-14(19-26-24-13-28(19)16-4-2-3-5-16)25-21(29)15-10-18-20(22-11-15)27(12-23-18)17-6-8-30-9-7-17/h10-14,16-17H,2-9H2,1H3,(H,25,29). The van der Waals surface area contributed by atoms with Crippen molar-refractivity contribution < 1.29 is 9.53 Å². The number of rotatable bonds is 5. The van der Waals surface area contributed by atoms with Crippen molar-refractivity contribution in [3.05, 3.63) is 36.3 Å². The highest BCUT2D eigenvalue weighted by Crippen LogP contribution is 2.31. The molecule has 2 aliphatic rings. The van der Waals surface area contributed by atoms with Gasteiger partial charge in [0.2, 0.25) is 0 Å². The second kappa shape index (κ2) is 8.14. The van der Waals surface area contributed by atoms with E-state index in [1.165, 1.54) is 12.8 Å². The van der Waals surface area contributed by atoms with Crippen LogP contribution < -0.4 is 5.32 Å². The van der Waals surface area contributed by atoms with Crippen LogP contribution in [0.4, 0.5) is 0 Å². The predicted molar refractivity (Wildman–Crippen MR) is 110 cm³/mol. The van der Waals surface area contributed by atoms with Gasteiger partial charge in [-0.25, -0.2) is 9.97 Å². The van der Waals surface area contributed by atoms with Gasteiger partial charge >= 0.3 is 0 Å². The molecule has 9 heteroatoms. The fourth-order valence-corrected chi connectivity index (χ4v) is 4.64. The molecule has 0 radical (unpaired) electrons. The molecule has 2 fully saturated rings. The Morgan fingerprint density at radius 2 is 1.87 bits per heavy atom. The summed E-state index contributed by atoms with van der Waals surface area (Å²) in [5.41, 5.74) is 2.04. The van der Waals surface area contributed by atoms with Crippen LogP contribution in [0.1, 0.15) is 79.8 Å². The number of imidazole rings is 1. The van der Waals surface area contributed by atoms with Crippen LogP contribution in [-0.2, 0) is 4.74 Å². The number of carbonyl (C=O) groups is 1. The van der Waals surface area contributed by atoms with E-state index >= 15 is 0 Å². The first-order chi connectivity index (χ1) is 14.7. The number of aromatic nitrogens is 6. The lowest BCUT2D eigenvalue weighted by atomic mass is 10.1. The molecular weight excluding hydrogens is 382 g/mol. The third-order valence-electron chi connectivity index (χ3n) is 6.31. The van der Waals surface area contributed by atoms with E-state index in [9.17, 15) is 4.79 Å². The second-order valence-corrected chi connectivity index (χ2v) is 8.29. The Morgan fingerprint density at radius 3 is 2.67 bits per heavy atom. The van der Waals surface area contributed by atoms with Gasteiger partial charge < -0.3 is 19.2 Å². The van der Waals surface area contributed by atoms with E-state index in [0.29, 0.717) is 17.6 Å². The van der Waals surface area contributed by atoms with Gasteiger partial charge in [0.1, 0.15) is 11.8 Å². The normalized spacial score (nSPS) is 19.4. The Labute approximate surface area is 174 Å². The molecule has 1 amide bonds. The number of ether oxygens (including phenoxy) is 1. The van der Waals surface area contributed by atoms with Crippen LogP contribution in [0.15, 0.2) is 24.9 Å². The van der Waals surface area contributed by atoms with Crippen LogP contribution >= 0.6 is 0 Å². The van der Waals surface area contributed by atoms with Gasteiger partial charge in [-0.15, -0.1) is 10.2 Å². The first-order valence-electron chi connectivity index (χ1n) is 10.8. The van der Waals surface area contributed by atoms with Crippen molar-refractivity contribution in [1.82, 2.24) is 34.6 Å². The smallest absolute Gasteiger partial charge is 0.253 e. The number of hydrogen-bond donors (Lipinski definition) is 1. The van der Waals surface area contributed by atoms with Crippen LogP contribution in [0.25, 0.3) is 11.2 Å². The number of carbonyl (C=O) groups excluding carboxylic acids is 1. The van der Waals surface area contributed by atoms with Crippen molar-refractivity contribution in [2.24, 2.45) is 0 Å². The molecule has 1 saturated carbocycles. The van der Waals surface area contributed by atoms with Crippen molar-refractivity contribution in [3.63, 3.8) is 0 Å². The van der Waals surface area contributed by atoms with E-state index in [4.69, 9.17) is 4.74 Å². The molecule has 1 aliphatic carbocycles. The van der Waals surface area contributed by atoms with Crippen molar-refractivity contribution in [2.45, 2.75) is 63.6 Å². The zero-order valence-corrected chi connectivity index (χ0v) is 17.2. The van der Waals surface area contributed by atoms with E-state index in [2.05, 4.69) is 34.6 Å². The van der Waals surface area contributed by atoms with Crippen molar-refractivity contribution in [1.29, 1.82) is 0 Å². The van der Waals surface area contributed by atoms with Crippen LogP contribution in [-0.4, -0.2) is 48.4 Å². The van der Waals surface area contributed by atoms with Gasteiger partial charge in [0.05, 0.1) is 17.9 Å². The molecule has 0 bridgehead atoms.